The summed E-state index contributed by atoms with van der Waals surface area (Å²) >= 11 is 11.4. The number of halogens is 1. The smallest absolute Gasteiger partial charge is 0.257 e. The van der Waals surface area contributed by atoms with E-state index in [9.17, 15) is 9.59 Å². The fourth-order valence-electron chi connectivity index (χ4n) is 2.60. The van der Waals surface area contributed by atoms with Crippen LogP contribution in [0, 0.1) is 0 Å². The Balaban J connectivity index is 2.03. The molecule has 0 heterocycles. The van der Waals surface area contributed by atoms with Crippen LogP contribution < -0.4 is 16.0 Å². The summed E-state index contributed by atoms with van der Waals surface area (Å²) in [7, 11) is 0. The molecule has 0 fully saturated rings. The van der Waals surface area contributed by atoms with Gasteiger partial charge in [-0.1, -0.05) is 51.4 Å². The van der Waals surface area contributed by atoms with Gasteiger partial charge in [-0.25, -0.2) is 0 Å². The van der Waals surface area contributed by atoms with Crippen LogP contribution >= 0.6 is 23.8 Å². The molecule has 0 atom stereocenters. The molecule has 0 bridgehead atoms. The van der Waals surface area contributed by atoms with E-state index in [1.165, 1.54) is 0 Å². The van der Waals surface area contributed by atoms with Crippen molar-refractivity contribution >= 4 is 52.1 Å². The first-order valence-corrected chi connectivity index (χ1v) is 10.2. The number of hydrogen-bond donors (Lipinski definition) is 3. The average molecular weight is 432 g/mol. The number of anilines is 2. The minimum atomic E-state index is -0.313. The predicted octanol–water partition coefficient (Wildman–Crippen LogP) is 5.50. The number of benzene rings is 2. The van der Waals surface area contributed by atoms with Crippen molar-refractivity contribution in [2.24, 2.45) is 0 Å². The molecule has 0 aromatic heterocycles. The van der Waals surface area contributed by atoms with E-state index in [4.69, 9.17) is 23.8 Å². The van der Waals surface area contributed by atoms with E-state index in [-0.39, 0.29) is 22.3 Å². The summed E-state index contributed by atoms with van der Waals surface area (Å²) in [5, 5.41) is 8.89. The van der Waals surface area contributed by atoms with Gasteiger partial charge in [0, 0.05) is 17.7 Å². The summed E-state index contributed by atoms with van der Waals surface area (Å²) in [6.07, 6.45) is 1.20. The third-order valence-corrected chi connectivity index (χ3v) is 4.75. The average Bonchev–Trinajstić information content (AvgIpc) is 2.64. The van der Waals surface area contributed by atoms with E-state index in [0.717, 1.165) is 12.0 Å². The first kappa shape index (κ1) is 22.8. The minimum absolute atomic E-state index is 0.0141. The lowest BCUT2D eigenvalue weighted by atomic mass is 9.87. The molecule has 154 valence electrons. The van der Waals surface area contributed by atoms with Gasteiger partial charge in [0.05, 0.1) is 10.7 Å². The highest BCUT2D eigenvalue weighted by atomic mass is 35.5. The summed E-state index contributed by atoms with van der Waals surface area (Å²) < 4.78 is 0. The van der Waals surface area contributed by atoms with Gasteiger partial charge in [-0.2, -0.15) is 0 Å². The minimum Gasteiger partial charge on any atom is -0.331 e. The topological polar surface area (TPSA) is 70.2 Å². The van der Waals surface area contributed by atoms with Crippen molar-refractivity contribution in [2.75, 3.05) is 10.6 Å². The van der Waals surface area contributed by atoms with Crippen molar-refractivity contribution < 1.29 is 9.59 Å². The molecule has 0 radical (unpaired) electrons. The third kappa shape index (κ3) is 6.84. The van der Waals surface area contributed by atoms with Crippen LogP contribution in [0.3, 0.4) is 0 Å². The SMILES string of the molecule is CCCC(=O)Nc1ccc(Cl)c(NC(=S)NC(=O)c2ccc(C(C)(C)C)cc2)c1. The lowest BCUT2D eigenvalue weighted by molar-refractivity contribution is -0.116. The molecule has 2 aromatic rings. The fourth-order valence-corrected chi connectivity index (χ4v) is 2.97. The van der Waals surface area contributed by atoms with Crippen molar-refractivity contribution in [3.05, 3.63) is 58.6 Å². The van der Waals surface area contributed by atoms with Gasteiger partial charge in [-0.05, 0) is 59.9 Å². The largest absolute Gasteiger partial charge is 0.331 e. The second-order valence-electron chi connectivity index (χ2n) is 7.73. The molecular weight excluding hydrogens is 406 g/mol. The Morgan fingerprint density at radius 1 is 1.03 bits per heavy atom. The standard InChI is InChI=1S/C22H26ClN3O2S/c1-5-6-19(27)24-16-11-12-17(23)18(13-16)25-21(29)26-20(28)14-7-9-15(10-8-14)22(2,3)4/h7-13H,5-6H2,1-4H3,(H,24,27)(H2,25,26,28,29). The molecule has 0 spiro atoms. The molecule has 0 saturated heterocycles. The van der Waals surface area contributed by atoms with E-state index in [0.29, 0.717) is 28.4 Å². The van der Waals surface area contributed by atoms with Crippen LogP contribution in [0.5, 0.6) is 0 Å². The van der Waals surface area contributed by atoms with Crippen molar-refractivity contribution in [1.29, 1.82) is 0 Å². The van der Waals surface area contributed by atoms with Gasteiger partial charge in [-0.15, -0.1) is 0 Å². The highest BCUT2D eigenvalue weighted by Gasteiger charge is 2.15. The Labute approximate surface area is 182 Å². The Hall–Kier alpha value is -2.44. The fraction of sp³-hybridized carbons (Fsp3) is 0.318. The van der Waals surface area contributed by atoms with Gasteiger partial charge < -0.3 is 10.6 Å². The third-order valence-electron chi connectivity index (χ3n) is 4.22. The Kier molecular flexibility index (Phi) is 7.76. The molecule has 2 aromatic carbocycles. The molecule has 0 saturated carbocycles. The normalized spacial score (nSPS) is 10.9. The van der Waals surface area contributed by atoms with Crippen LogP contribution in [0.1, 0.15) is 56.5 Å². The zero-order valence-electron chi connectivity index (χ0n) is 17.1. The second kappa shape index (κ2) is 9.85. The second-order valence-corrected chi connectivity index (χ2v) is 8.54. The lowest BCUT2D eigenvalue weighted by Crippen LogP contribution is -2.34. The highest BCUT2D eigenvalue weighted by Crippen LogP contribution is 2.26. The van der Waals surface area contributed by atoms with Crippen LogP contribution in [0.15, 0.2) is 42.5 Å². The van der Waals surface area contributed by atoms with Crippen molar-refractivity contribution in [2.45, 2.75) is 46.0 Å². The zero-order chi connectivity index (χ0) is 21.6. The maximum Gasteiger partial charge on any atom is 0.257 e. The van der Waals surface area contributed by atoms with Crippen LogP contribution in [0.25, 0.3) is 0 Å². The van der Waals surface area contributed by atoms with Crippen LogP contribution in [0.2, 0.25) is 5.02 Å². The summed E-state index contributed by atoms with van der Waals surface area (Å²) in [5.74, 6) is -0.387. The Bertz CT molecular complexity index is 905. The molecular formula is C22H26ClN3O2S. The number of carbonyl (C=O) groups is 2. The summed E-state index contributed by atoms with van der Waals surface area (Å²) in [6.45, 7) is 8.28. The molecule has 2 rings (SSSR count). The van der Waals surface area contributed by atoms with E-state index in [1.54, 1.807) is 30.3 Å². The highest BCUT2D eigenvalue weighted by molar-refractivity contribution is 7.80. The van der Waals surface area contributed by atoms with Crippen molar-refractivity contribution in [3.8, 4) is 0 Å². The van der Waals surface area contributed by atoms with E-state index in [2.05, 4.69) is 36.7 Å². The molecule has 3 N–H and O–H groups in total. The maximum absolute atomic E-state index is 12.4. The van der Waals surface area contributed by atoms with Gasteiger partial charge in [0.2, 0.25) is 5.91 Å². The van der Waals surface area contributed by atoms with Gasteiger partial charge in [0.15, 0.2) is 5.11 Å². The number of carbonyl (C=O) groups excluding carboxylic acids is 2. The molecule has 0 unspecified atom stereocenters. The van der Waals surface area contributed by atoms with E-state index < -0.39 is 0 Å². The summed E-state index contributed by atoms with van der Waals surface area (Å²) in [6, 6.07) is 12.5. The first-order valence-electron chi connectivity index (χ1n) is 9.42. The maximum atomic E-state index is 12.4. The van der Waals surface area contributed by atoms with Crippen LogP contribution in [-0.2, 0) is 10.2 Å². The van der Waals surface area contributed by atoms with Crippen LogP contribution in [-0.4, -0.2) is 16.9 Å². The molecule has 29 heavy (non-hydrogen) atoms. The number of hydrogen-bond acceptors (Lipinski definition) is 3. The molecule has 7 heteroatoms. The molecule has 5 nitrogen and oxygen atoms in total. The molecule has 2 amide bonds. The molecule has 0 aliphatic heterocycles. The van der Waals surface area contributed by atoms with Gasteiger partial charge >= 0.3 is 0 Å². The molecule has 0 aliphatic carbocycles. The Morgan fingerprint density at radius 3 is 2.28 bits per heavy atom. The Morgan fingerprint density at radius 2 is 1.69 bits per heavy atom. The number of thiocarbonyl (C=S) groups is 1. The van der Waals surface area contributed by atoms with Gasteiger partial charge in [0.1, 0.15) is 0 Å². The number of rotatable bonds is 5. The van der Waals surface area contributed by atoms with Crippen molar-refractivity contribution in [1.82, 2.24) is 5.32 Å². The van der Waals surface area contributed by atoms with Gasteiger partial charge in [-0.3, -0.25) is 14.9 Å². The number of amides is 2. The number of nitrogens with one attached hydrogen (secondary N) is 3. The molecule has 0 aliphatic rings. The lowest BCUT2D eigenvalue weighted by Gasteiger charge is -2.19. The summed E-state index contributed by atoms with van der Waals surface area (Å²) in [4.78, 5) is 24.2. The van der Waals surface area contributed by atoms with Crippen LogP contribution in [0.4, 0.5) is 11.4 Å². The van der Waals surface area contributed by atoms with E-state index in [1.807, 2.05) is 19.1 Å². The first-order chi connectivity index (χ1) is 13.6. The monoisotopic (exact) mass is 431 g/mol. The predicted molar refractivity (Wildman–Crippen MR) is 124 cm³/mol. The van der Waals surface area contributed by atoms with Gasteiger partial charge in [0.25, 0.3) is 5.91 Å². The van der Waals surface area contributed by atoms with E-state index >= 15 is 0 Å². The summed E-state index contributed by atoms with van der Waals surface area (Å²) in [5.41, 5.74) is 2.76. The quantitative estimate of drug-likeness (QED) is 0.546. The zero-order valence-corrected chi connectivity index (χ0v) is 18.6. The van der Waals surface area contributed by atoms with Crippen molar-refractivity contribution in [3.63, 3.8) is 0 Å².